The highest BCUT2D eigenvalue weighted by Gasteiger charge is 2.05. The van der Waals surface area contributed by atoms with E-state index < -0.39 is 0 Å². The van der Waals surface area contributed by atoms with Crippen molar-refractivity contribution in [1.29, 1.82) is 0 Å². The van der Waals surface area contributed by atoms with E-state index >= 15 is 0 Å². The second-order valence-electron chi connectivity index (χ2n) is 2.97. The zero-order valence-corrected chi connectivity index (χ0v) is 8.16. The van der Waals surface area contributed by atoms with Crippen LogP contribution in [0.5, 0.6) is 5.88 Å². The van der Waals surface area contributed by atoms with Crippen LogP contribution in [0, 0.1) is 0 Å². The van der Waals surface area contributed by atoms with Crippen LogP contribution in [0.1, 0.15) is 25.5 Å². The summed E-state index contributed by atoms with van der Waals surface area (Å²) in [4.78, 5) is 4.33. The van der Waals surface area contributed by atoms with Gasteiger partial charge in [-0.05, 0) is 13.0 Å². The molecule has 0 aliphatic carbocycles. The molecule has 1 aromatic rings. The molecule has 0 aliphatic rings. The Morgan fingerprint density at radius 3 is 2.92 bits per heavy atom. The lowest BCUT2D eigenvalue weighted by atomic mass is 10.1. The van der Waals surface area contributed by atoms with Gasteiger partial charge < -0.3 is 10.5 Å². The number of nitrogens with two attached hydrogens (primary N) is 1. The third-order valence-electron chi connectivity index (χ3n) is 1.90. The summed E-state index contributed by atoms with van der Waals surface area (Å²) in [5.41, 5.74) is 6.54. The van der Waals surface area contributed by atoms with Crippen molar-refractivity contribution >= 4 is 0 Å². The predicted octanol–water partition coefficient (Wildman–Crippen LogP) is 1.54. The van der Waals surface area contributed by atoms with E-state index in [9.17, 15) is 0 Å². The minimum atomic E-state index is 0.292. The summed E-state index contributed by atoms with van der Waals surface area (Å²) in [6.45, 7) is 5.26. The maximum Gasteiger partial charge on any atom is 0.213 e. The van der Waals surface area contributed by atoms with E-state index in [-0.39, 0.29) is 0 Å². The summed E-state index contributed by atoms with van der Waals surface area (Å²) in [6.07, 6.45) is 0. The lowest BCUT2D eigenvalue weighted by Crippen LogP contribution is -2.10. The highest BCUT2D eigenvalue weighted by molar-refractivity contribution is 5.18. The fourth-order valence-corrected chi connectivity index (χ4v) is 1.05. The highest BCUT2D eigenvalue weighted by atomic mass is 16.5. The molecule has 0 spiro atoms. The molecule has 0 bridgehead atoms. The van der Waals surface area contributed by atoms with Gasteiger partial charge in [0.1, 0.15) is 0 Å². The third kappa shape index (κ3) is 2.70. The molecule has 0 saturated heterocycles. The van der Waals surface area contributed by atoms with Crippen molar-refractivity contribution in [3.8, 4) is 5.88 Å². The van der Waals surface area contributed by atoms with Crippen LogP contribution in [0.2, 0.25) is 0 Å². The van der Waals surface area contributed by atoms with Gasteiger partial charge in [0.15, 0.2) is 0 Å². The van der Waals surface area contributed by atoms with Gasteiger partial charge in [-0.25, -0.2) is 4.98 Å². The molecule has 2 N–H and O–H groups in total. The summed E-state index contributed by atoms with van der Waals surface area (Å²) >= 11 is 0. The van der Waals surface area contributed by atoms with Crippen LogP contribution < -0.4 is 10.5 Å². The van der Waals surface area contributed by atoms with Crippen LogP contribution in [0.4, 0.5) is 0 Å². The van der Waals surface area contributed by atoms with Crippen molar-refractivity contribution in [2.75, 3.05) is 13.2 Å². The number of nitrogens with zero attached hydrogens (tertiary/aromatic N) is 1. The Hall–Kier alpha value is -1.09. The number of hydrogen-bond acceptors (Lipinski definition) is 3. The molecule has 1 heterocycles. The van der Waals surface area contributed by atoms with E-state index in [0.29, 0.717) is 24.9 Å². The Labute approximate surface area is 78.9 Å². The van der Waals surface area contributed by atoms with Crippen molar-refractivity contribution in [2.24, 2.45) is 5.73 Å². The van der Waals surface area contributed by atoms with Gasteiger partial charge in [0.05, 0.1) is 6.61 Å². The molecule has 0 aromatic carbocycles. The molecule has 0 aliphatic heterocycles. The summed E-state index contributed by atoms with van der Waals surface area (Å²) in [6, 6.07) is 5.77. The first kappa shape index (κ1) is 9.99. The maximum atomic E-state index is 5.55. The van der Waals surface area contributed by atoms with Crippen molar-refractivity contribution in [1.82, 2.24) is 4.98 Å². The number of aromatic nitrogens is 1. The Kier molecular flexibility index (Phi) is 3.71. The lowest BCUT2D eigenvalue weighted by Gasteiger charge is -2.09. The first-order valence-electron chi connectivity index (χ1n) is 4.57. The third-order valence-corrected chi connectivity index (χ3v) is 1.90. The smallest absolute Gasteiger partial charge is 0.213 e. The molecular formula is C10H16N2O. The van der Waals surface area contributed by atoms with E-state index in [0.717, 1.165) is 5.69 Å². The first-order valence-corrected chi connectivity index (χ1v) is 4.57. The Morgan fingerprint density at radius 1 is 1.54 bits per heavy atom. The van der Waals surface area contributed by atoms with Crippen LogP contribution in [-0.2, 0) is 0 Å². The molecule has 0 fully saturated rings. The average molecular weight is 180 g/mol. The molecule has 1 unspecified atom stereocenters. The molecule has 1 aromatic heterocycles. The average Bonchev–Trinajstić information content (AvgIpc) is 2.18. The van der Waals surface area contributed by atoms with Crippen LogP contribution in [0.25, 0.3) is 0 Å². The van der Waals surface area contributed by atoms with Gasteiger partial charge in [-0.1, -0.05) is 13.0 Å². The van der Waals surface area contributed by atoms with Gasteiger partial charge >= 0.3 is 0 Å². The first-order chi connectivity index (χ1) is 6.27. The summed E-state index contributed by atoms with van der Waals surface area (Å²) in [5, 5.41) is 0. The monoisotopic (exact) mass is 180 g/mol. The van der Waals surface area contributed by atoms with E-state index in [2.05, 4.69) is 11.9 Å². The number of rotatable bonds is 4. The lowest BCUT2D eigenvalue weighted by molar-refractivity contribution is 0.325. The van der Waals surface area contributed by atoms with Gasteiger partial charge in [-0.3, -0.25) is 0 Å². The molecular weight excluding hydrogens is 164 g/mol. The molecule has 3 nitrogen and oxygen atoms in total. The standard InChI is InChI=1S/C10H16N2O/c1-3-13-10-6-4-5-9(12-10)8(2)7-11/h4-6,8H,3,7,11H2,1-2H3. The molecule has 3 heteroatoms. The van der Waals surface area contributed by atoms with Crippen molar-refractivity contribution in [3.63, 3.8) is 0 Å². The Balaban J connectivity index is 2.78. The summed E-state index contributed by atoms with van der Waals surface area (Å²) in [5.74, 6) is 0.973. The molecule has 72 valence electrons. The number of ether oxygens (including phenoxy) is 1. The van der Waals surface area contributed by atoms with Crippen LogP contribution >= 0.6 is 0 Å². The van der Waals surface area contributed by atoms with E-state index in [1.54, 1.807) is 0 Å². The van der Waals surface area contributed by atoms with Crippen molar-refractivity contribution in [3.05, 3.63) is 23.9 Å². The fourth-order valence-electron chi connectivity index (χ4n) is 1.05. The molecule has 1 atom stereocenters. The molecule has 1 rings (SSSR count). The molecule has 13 heavy (non-hydrogen) atoms. The van der Waals surface area contributed by atoms with Crippen molar-refractivity contribution in [2.45, 2.75) is 19.8 Å². The van der Waals surface area contributed by atoms with Crippen LogP contribution in [0.3, 0.4) is 0 Å². The van der Waals surface area contributed by atoms with Gasteiger partial charge in [0, 0.05) is 24.2 Å². The molecule has 0 radical (unpaired) electrons. The van der Waals surface area contributed by atoms with E-state index in [4.69, 9.17) is 10.5 Å². The second kappa shape index (κ2) is 4.82. The van der Waals surface area contributed by atoms with Gasteiger partial charge in [-0.15, -0.1) is 0 Å². The molecule has 0 saturated carbocycles. The van der Waals surface area contributed by atoms with E-state index in [1.807, 2.05) is 25.1 Å². The van der Waals surface area contributed by atoms with Gasteiger partial charge in [0.25, 0.3) is 0 Å². The fraction of sp³-hybridized carbons (Fsp3) is 0.500. The number of pyridine rings is 1. The Bertz CT molecular complexity index is 263. The normalized spacial score (nSPS) is 12.5. The summed E-state index contributed by atoms with van der Waals surface area (Å²) in [7, 11) is 0. The predicted molar refractivity (Wildman–Crippen MR) is 52.9 cm³/mol. The minimum Gasteiger partial charge on any atom is -0.478 e. The van der Waals surface area contributed by atoms with Crippen molar-refractivity contribution < 1.29 is 4.74 Å². The minimum absolute atomic E-state index is 0.292. The van der Waals surface area contributed by atoms with Crippen LogP contribution in [0.15, 0.2) is 18.2 Å². The van der Waals surface area contributed by atoms with Crippen LogP contribution in [-0.4, -0.2) is 18.1 Å². The summed E-state index contributed by atoms with van der Waals surface area (Å²) < 4.78 is 5.29. The SMILES string of the molecule is CCOc1cccc(C(C)CN)n1. The number of hydrogen-bond donors (Lipinski definition) is 1. The van der Waals surface area contributed by atoms with Gasteiger partial charge in [0.2, 0.25) is 5.88 Å². The zero-order chi connectivity index (χ0) is 9.68. The van der Waals surface area contributed by atoms with E-state index in [1.165, 1.54) is 0 Å². The second-order valence-corrected chi connectivity index (χ2v) is 2.97. The quantitative estimate of drug-likeness (QED) is 0.764. The largest absolute Gasteiger partial charge is 0.478 e. The topological polar surface area (TPSA) is 48.1 Å². The Morgan fingerprint density at radius 2 is 2.31 bits per heavy atom. The van der Waals surface area contributed by atoms with Gasteiger partial charge in [-0.2, -0.15) is 0 Å². The maximum absolute atomic E-state index is 5.55. The zero-order valence-electron chi connectivity index (χ0n) is 8.16. The highest BCUT2D eigenvalue weighted by Crippen LogP contribution is 2.14. The molecule has 0 amide bonds.